The Bertz CT molecular complexity index is 377. The van der Waals surface area contributed by atoms with Crippen LogP contribution >= 0.6 is 0 Å². The molecule has 134 valence electrons. The minimum Gasteiger partial charge on any atom is -0.0623 e. The predicted molar refractivity (Wildman–Crippen MR) is 102 cm³/mol. The molecule has 5 atom stereocenters. The molecule has 0 nitrogen and oxygen atoms in total. The summed E-state index contributed by atoms with van der Waals surface area (Å²) in [6.45, 7) is 10.4. The first-order valence-electron chi connectivity index (χ1n) is 10.9. The standard InChI is InChI=1S/C23H42/c1-18-11-12-20(16-19(18)2)21-10-6-9-15-23(4,17-21)22(3)13-7-5-8-14-22/h18-21H,5-17H2,1-4H3/t18?,19?,20-,21?,23?/m1/s1. The molecular weight excluding hydrogens is 276 g/mol. The van der Waals surface area contributed by atoms with E-state index in [2.05, 4.69) is 27.7 Å². The lowest BCUT2D eigenvalue weighted by Gasteiger charge is -2.51. The van der Waals surface area contributed by atoms with E-state index in [0.29, 0.717) is 10.8 Å². The van der Waals surface area contributed by atoms with Gasteiger partial charge in [0.05, 0.1) is 0 Å². The molecule has 3 saturated carbocycles. The van der Waals surface area contributed by atoms with Gasteiger partial charge in [-0.1, -0.05) is 72.6 Å². The summed E-state index contributed by atoms with van der Waals surface area (Å²) in [6.07, 6.45) is 19.7. The largest absolute Gasteiger partial charge is 0.0623 e. The summed E-state index contributed by atoms with van der Waals surface area (Å²) in [5.74, 6) is 4.02. The fourth-order valence-electron chi connectivity index (χ4n) is 6.61. The zero-order valence-electron chi connectivity index (χ0n) is 16.5. The summed E-state index contributed by atoms with van der Waals surface area (Å²) in [4.78, 5) is 0. The Morgan fingerprint density at radius 1 is 0.609 bits per heavy atom. The third-order valence-electron chi connectivity index (χ3n) is 8.99. The van der Waals surface area contributed by atoms with Crippen LogP contribution in [0.15, 0.2) is 0 Å². The maximum Gasteiger partial charge on any atom is -0.0269 e. The van der Waals surface area contributed by atoms with Gasteiger partial charge in [-0.2, -0.15) is 0 Å². The number of rotatable bonds is 2. The molecule has 3 fully saturated rings. The van der Waals surface area contributed by atoms with Crippen LogP contribution in [0.3, 0.4) is 0 Å². The first-order chi connectivity index (χ1) is 10.9. The molecule has 0 bridgehead atoms. The van der Waals surface area contributed by atoms with E-state index in [4.69, 9.17) is 0 Å². The molecule has 0 aromatic rings. The smallest absolute Gasteiger partial charge is 0.0269 e. The second-order valence-electron chi connectivity index (χ2n) is 10.4. The fraction of sp³-hybridized carbons (Fsp3) is 1.00. The van der Waals surface area contributed by atoms with Crippen LogP contribution in [0.1, 0.15) is 111 Å². The lowest BCUT2D eigenvalue weighted by atomic mass is 9.54. The Hall–Kier alpha value is 0. The van der Waals surface area contributed by atoms with Crippen molar-refractivity contribution in [3.05, 3.63) is 0 Å². The van der Waals surface area contributed by atoms with Crippen LogP contribution in [-0.4, -0.2) is 0 Å². The molecule has 0 aliphatic heterocycles. The van der Waals surface area contributed by atoms with Crippen LogP contribution in [0.5, 0.6) is 0 Å². The molecule has 0 amide bonds. The van der Waals surface area contributed by atoms with Gasteiger partial charge in [-0.05, 0) is 73.0 Å². The fourth-order valence-corrected chi connectivity index (χ4v) is 6.61. The molecule has 23 heavy (non-hydrogen) atoms. The van der Waals surface area contributed by atoms with Crippen LogP contribution < -0.4 is 0 Å². The van der Waals surface area contributed by atoms with E-state index in [1.165, 1.54) is 77.0 Å². The van der Waals surface area contributed by atoms with Gasteiger partial charge in [0.15, 0.2) is 0 Å². The number of hydrogen-bond donors (Lipinski definition) is 0. The molecule has 3 aliphatic carbocycles. The van der Waals surface area contributed by atoms with E-state index in [1.807, 2.05) is 0 Å². The molecule has 0 radical (unpaired) electrons. The molecule has 4 unspecified atom stereocenters. The van der Waals surface area contributed by atoms with E-state index in [-0.39, 0.29) is 0 Å². The molecule has 0 saturated heterocycles. The third kappa shape index (κ3) is 3.67. The highest BCUT2D eigenvalue weighted by molar-refractivity contribution is 4.97. The van der Waals surface area contributed by atoms with Gasteiger partial charge in [0.2, 0.25) is 0 Å². The summed E-state index contributed by atoms with van der Waals surface area (Å²) in [6, 6.07) is 0. The van der Waals surface area contributed by atoms with Gasteiger partial charge in [0, 0.05) is 0 Å². The molecule has 0 aromatic heterocycles. The average Bonchev–Trinajstić information content (AvgIpc) is 2.74. The van der Waals surface area contributed by atoms with Gasteiger partial charge in [0.25, 0.3) is 0 Å². The quantitative estimate of drug-likeness (QED) is 0.459. The second-order valence-corrected chi connectivity index (χ2v) is 10.4. The second kappa shape index (κ2) is 7.09. The highest BCUT2D eigenvalue weighted by atomic mass is 14.5. The summed E-state index contributed by atoms with van der Waals surface area (Å²) >= 11 is 0. The summed E-state index contributed by atoms with van der Waals surface area (Å²) in [5, 5.41) is 0. The third-order valence-corrected chi connectivity index (χ3v) is 8.99. The van der Waals surface area contributed by atoms with Crippen molar-refractivity contribution in [2.45, 2.75) is 111 Å². The highest BCUT2D eigenvalue weighted by Crippen LogP contribution is 2.58. The van der Waals surface area contributed by atoms with Gasteiger partial charge in [-0.3, -0.25) is 0 Å². The first kappa shape index (κ1) is 17.8. The maximum atomic E-state index is 2.70. The summed E-state index contributed by atoms with van der Waals surface area (Å²) in [7, 11) is 0. The summed E-state index contributed by atoms with van der Waals surface area (Å²) in [5.41, 5.74) is 1.27. The van der Waals surface area contributed by atoms with Crippen molar-refractivity contribution in [1.29, 1.82) is 0 Å². The van der Waals surface area contributed by atoms with Crippen molar-refractivity contribution in [2.75, 3.05) is 0 Å². The van der Waals surface area contributed by atoms with Crippen LogP contribution in [-0.2, 0) is 0 Å². The van der Waals surface area contributed by atoms with Crippen molar-refractivity contribution in [3.8, 4) is 0 Å². The monoisotopic (exact) mass is 318 g/mol. The van der Waals surface area contributed by atoms with Gasteiger partial charge in [0.1, 0.15) is 0 Å². The maximum absolute atomic E-state index is 2.70. The normalized spacial score (nSPS) is 45.4. The zero-order valence-corrected chi connectivity index (χ0v) is 16.5. The van der Waals surface area contributed by atoms with Crippen LogP contribution in [0, 0.1) is 34.5 Å². The topological polar surface area (TPSA) is 0 Å². The van der Waals surface area contributed by atoms with E-state index in [9.17, 15) is 0 Å². The summed E-state index contributed by atoms with van der Waals surface area (Å²) < 4.78 is 0. The molecule has 0 spiro atoms. The molecule has 0 N–H and O–H groups in total. The van der Waals surface area contributed by atoms with Crippen molar-refractivity contribution in [2.24, 2.45) is 34.5 Å². The lowest BCUT2D eigenvalue weighted by Crippen LogP contribution is -2.41. The van der Waals surface area contributed by atoms with Crippen molar-refractivity contribution in [3.63, 3.8) is 0 Å². The number of hydrogen-bond acceptors (Lipinski definition) is 0. The predicted octanol–water partition coefficient (Wildman–Crippen LogP) is 7.62. The van der Waals surface area contributed by atoms with Crippen molar-refractivity contribution < 1.29 is 0 Å². The molecular formula is C23H42. The van der Waals surface area contributed by atoms with Crippen LogP contribution in [0.25, 0.3) is 0 Å². The van der Waals surface area contributed by atoms with Gasteiger partial charge < -0.3 is 0 Å². The Morgan fingerprint density at radius 2 is 1.26 bits per heavy atom. The van der Waals surface area contributed by atoms with E-state index >= 15 is 0 Å². The Morgan fingerprint density at radius 3 is 1.96 bits per heavy atom. The van der Waals surface area contributed by atoms with Gasteiger partial charge in [-0.15, -0.1) is 0 Å². The van der Waals surface area contributed by atoms with Crippen LogP contribution in [0.4, 0.5) is 0 Å². The minimum atomic E-state index is 0.626. The van der Waals surface area contributed by atoms with Crippen molar-refractivity contribution >= 4 is 0 Å². The molecule has 0 heterocycles. The average molecular weight is 319 g/mol. The SMILES string of the molecule is CC1CC[C@@H](C2CCCCC(C)(C3(C)CCCCC3)C2)CC1C. The Kier molecular flexibility index (Phi) is 5.49. The lowest BCUT2D eigenvalue weighted by molar-refractivity contribution is -0.00826. The molecule has 3 aliphatic rings. The highest BCUT2D eigenvalue weighted by Gasteiger charge is 2.47. The van der Waals surface area contributed by atoms with E-state index in [1.54, 1.807) is 6.42 Å². The van der Waals surface area contributed by atoms with Gasteiger partial charge in [-0.25, -0.2) is 0 Å². The molecule has 3 rings (SSSR count). The van der Waals surface area contributed by atoms with Crippen molar-refractivity contribution in [1.82, 2.24) is 0 Å². The molecule has 0 aromatic carbocycles. The minimum absolute atomic E-state index is 0.626. The van der Waals surface area contributed by atoms with Crippen LogP contribution in [0.2, 0.25) is 0 Å². The first-order valence-corrected chi connectivity index (χ1v) is 10.9. The molecule has 0 heteroatoms. The zero-order chi connectivity index (χ0) is 16.5. The van der Waals surface area contributed by atoms with E-state index < -0.39 is 0 Å². The van der Waals surface area contributed by atoms with Gasteiger partial charge >= 0.3 is 0 Å². The Balaban J connectivity index is 1.72. The Labute approximate surface area is 146 Å². The van der Waals surface area contributed by atoms with E-state index in [0.717, 1.165) is 23.7 Å².